The molecule has 2 aliphatic rings. The first-order valence-corrected chi connectivity index (χ1v) is 12.0. The number of fused-ring (bicyclic) bond motifs is 2. The zero-order chi connectivity index (χ0) is 22.4. The Morgan fingerprint density at radius 1 is 1.12 bits per heavy atom. The number of aromatic amines is 1. The van der Waals surface area contributed by atoms with Crippen molar-refractivity contribution in [2.75, 3.05) is 13.2 Å². The van der Waals surface area contributed by atoms with Crippen LogP contribution in [0.3, 0.4) is 0 Å². The van der Waals surface area contributed by atoms with Gasteiger partial charge < -0.3 is 9.72 Å². The average Bonchev–Trinajstić information content (AvgIpc) is 3.36. The predicted octanol–water partition coefficient (Wildman–Crippen LogP) is 4.89. The first kappa shape index (κ1) is 20.4. The summed E-state index contributed by atoms with van der Waals surface area (Å²) in [6.07, 6.45) is 14.2. The molecule has 170 valence electrons. The summed E-state index contributed by atoms with van der Waals surface area (Å²) in [5.41, 5.74) is 6.83. The monoisotopic (exact) mass is 443 g/mol. The van der Waals surface area contributed by atoms with Crippen molar-refractivity contribution in [3.63, 3.8) is 0 Å². The zero-order valence-electron chi connectivity index (χ0n) is 19.0. The van der Waals surface area contributed by atoms with Gasteiger partial charge in [-0.25, -0.2) is 19.3 Å². The van der Waals surface area contributed by atoms with Crippen LogP contribution in [0.25, 0.3) is 39.0 Å². The van der Waals surface area contributed by atoms with Crippen LogP contribution < -0.4 is 5.69 Å². The van der Waals surface area contributed by atoms with Crippen molar-refractivity contribution in [2.45, 2.75) is 52.0 Å². The second-order valence-corrected chi connectivity index (χ2v) is 9.38. The van der Waals surface area contributed by atoms with E-state index in [1.54, 1.807) is 0 Å². The van der Waals surface area contributed by atoms with Crippen LogP contribution in [-0.4, -0.2) is 37.3 Å². The lowest BCUT2D eigenvalue weighted by molar-refractivity contribution is 0.0613. The highest BCUT2D eigenvalue weighted by molar-refractivity contribution is 5.87. The lowest BCUT2D eigenvalue weighted by Gasteiger charge is -2.22. The van der Waals surface area contributed by atoms with Crippen LogP contribution in [0.4, 0.5) is 0 Å². The summed E-state index contributed by atoms with van der Waals surface area (Å²) in [5.74, 6) is 0.444. The molecule has 7 nitrogen and oxygen atoms in total. The van der Waals surface area contributed by atoms with Crippen molar-refractivity contribution in [1.29, 1.82) is 0 Å². The van der Waals surface area contributed by atoms with Crippen LogP contribution in [0.2, 0.25) is 0 Å². The third-order valence-corrected chi connectivity index (χ3v) is 7.18. The van der Waals surface area contributed by atoms with Gasteiger partial charge in [-0.3, -0.25) is 4.57 Å². The molecule has 6 rings (SSSR count). The summed E-state index contributed by atoms with van der Waals surface area (Å²) < 4.78 is 9.35. The fraction of sp³-hybridized carbons (Fsp3) is 0.423. The predicted molar refractivity (Wildman–Crippen MR) is 130 cm³/mol. The van der Waals surface area contributed by atoms with Crippen molar-refractivity contribution >= 4 is 27.9 Å². The highest BCUT2D eigenvalue weighted by Gasteiger charge is 2.23. The molecule has 0 radical (unpaired) electrons. The summed E-state index contributed by atoms with van der Waals surface area (Å²) in [6, 6.07) is 4.27. The maximum atomic E-state index is 13.7. The molecule has 1 N–H and O–H groups in total. The van der Waals surface area contributed by atoms with Crippen molar-refractivity contribution < 1.29 is 4.74 Å². The molecule has 1 fully saturated rings. The standard InChI is InChI=1S/C26H29N5O2/c1-17-13-27-24-22(17)11-19(14-28-24)20-12-23-25(29-15-20)31(21-5-3-2-4-6-21)26(32)30(23)16-18-7-9-33-10-8-18/h5,11-15,18H,2-4,6-10,16H2,1H3,(H,27,28). The fourth-order valence-electron chi connectivity index (χ4n) is 5.23. The molecule has 0 spiro atoms. The molecular formula is C26H29N5O2. The number of allylic oxidation sites excluding steroid dienone is 2. The van der Waals surface area contributed by atoms with Crippen LogP contribution in [0.15, 0.2) is 41.6 Å². The quantitative estimate of drug-likeness (QED) is 0.487. The third-order valence-electron chi connectivity index (χ3n) is 7.18. The highest BCUT2D eigenvalue weighted by atomic mass is 16.5. The molecule has 1 aliphatic carbocycles. The normalized spacial score (nSPS) is 17.7. The smallest absolute Gasteiger partial charge is 0.334 e. The average molecular weight is 444 g/mol. The van der Waals surface area contributed by atoms with Crippen LogP contribution in [0.1, 0.15) is 44.1 Å². The lowest BCUT2D eigenvalue weighted by Crippen LogP contribution is -2.29. The summed E-state index contributed by atoms with van der Waals surface area (Å²) in [4.78, 5) is 26.3. The van der Waals surface area contributed by atoms with Gasteiger partial charge in [0.1, 0.15) is 5.65 Å². The maximum absolute atomic E-state index is 13.7. The van der Waals surface area contributed by atoms with Gasteiger partial charge in [-0.2, -0.15) is 0 Å². The summed E-state index contributed by atoms with van der Waals surface area (Å²) in [6.45, 7) is 4.33. The summed E-state index contributed by atoms with van der Waals surface area (Å²) >= 11 is 0. The van der Waals surface area contributed by atoms with Gasteiger partial charge in [0.2, 0.25) is 0 Å². The van der Waals surface area contributed by atoms with Crippen LogP contribution in [-0.2, 0) is 11.3 Å². The van der Waals surface area contributed by atoms with E-state index in [-0.39, 0.29) is 5.69 Å². The zero-order valence-corrected chi connectivity index (χ0v) is 19.0. The van der Waals surface area contributed by atoms with E-state index < -0.39 is 0 Å². The largest absolute Gasteiger partial charge is 0.381 e. The number of imidazole rings is 1. The molecule has 1 saturated heterocycles. The molecule has 4 aromatic rings. The van der Waals surface area contributed by atoms with Crippen molar-refractivity contribution in [3.05, 3.63) is 52.8 Å². The molecule has 0 bridgehead atoms. The Morgan fingerprint density at radius 3 is 2.76 bits per heavy atom. The van der Waals surface area contributed by atoms with Gasteiger partial charge in [-0.1, -0.05) is 6.08 Å². The number of aromatic nitrogens is 5. The Hall–Kier alpha value is -3.19. The summed E-state index contributed by atoms with van der Waals surface area (Å²) in [5, 5.41) is 1.11. The minimum atomic E-state index is 0.0318. The molecule has 7 heteroatoms. The number of pyridine rings is 2. The number of nitrogens with zero attached hydrogens (tertiary/aromatic N) is 4. The van der Waals surface area contributed by atoms with Crippen LogP contribution in [0, 0.1) is 12.8 Å². The molecule has 1 aliphatic heterocycles. The number of hydrogen-bond acceptors (Lipinski definition) is 4. The molecule has 0 saturated carbocycles. The topological polar surface area (TPSA) is 77.7 Å². The van der Waals surface area contributed by atoms with E-state index in [0.717, 1.165) is 84.3 Å². The van der Waals surface area contributed by atoms with Crippen molar-refractivity contribution in [2.24, 2.45) is 5.92 Å². The van der Waals surface area contributed by atoms with Gasteiger partial charge in [-0.15, -0.1) is 0 Å². The molecule has 5 heterocycles. The lowest BCUT2D eigenvalue weighted by atomic mass is 10.0. The molecule has 0 aromatic carbocycles. The first-order chi connectivity index (χ1) is 16.2. The van der Waals surface area contributed by atoms with Gasteiger partial charge in [0.25, 0.3) is 0 Å². The van der Waals surface area contributed by atoms with E-state index in [4.69, 9.17) is 9.72 Å². The second kappa shape index (κ2) is 8.30. The Kier molecular flexibility index (Phi) is 5.14. The van der Waals surface area contributed by atoms with Crippen LogP contribution in [0.5, 0.6) is 0 Å². The molecule has 0 atom stereocenters. The molecule has 0 unspecified atom stereocenters. The number of aryl methyl sites for hydroxylation is 1. The Bertz CT molecular complexity index is 1420. The molecular weight excluding hydrogens is 414 g/mol. The van der Waals surface area contributed by atoms with E-state index in [9.17, 15) is 4.79 Å². The number of rotatable bonds is 4. The van der Waals surface area contributed by atoms with Gasteiger partial charge in [0, 0.05) is 60.6 Å². The number of H-pyrrole nitrogens is 1. The van der Waals surface area contributed by atoms with Gasteiger partial charge in [0.15, 0.2) is 5.65 Å². The molecule has 4 aromatic heterocycles. The van der Waals surface area contributed by atoms with Crippen molar-refractivity contribution in [3.8, 4) is 11.1 Å². The fourth-order valence-corrected chi connectivity index (χ4v) is 5.23. The molecule has 33 heavy (non-hydrogen) atoms. The number of nitrogens with one attached hydrogen (secondary N) is 1. The highest BCUT2D eigenvalue weighted by Crippen LogP contribution is 2.29. The van der Waals surface area contributed by atoms with E-state index in [0.29, 0.717) is 12.5 Å². The van der Waals surface area contributed by atoms with Gasteiger partial charge in [0.05, 0.1) is 5.52 Å². The second-order valence-electron chi connectivity index (χ2n) is 9.38. The van der Waals surface area contributed by atoms with Gasteiger partial charge >= 0.3 is 5.69 Å². The number of ether oxygens (including phenoxy) is 1. The van der Waals surface area contributed by atoms with Gasteiger partial charge in [-0.05, 0) is 69.1 Å². The minimum absolute atomic E-state index is 0.0318. The van der Waals surface area contributed by atoms with E-state index >= 15 is 0 Å². The maximum Gasteiger partial charge on any atom is 0.334 e. The minimum Gasteiger partial charge on any atom is -0.381 e. The van der Waals surface area contributed by atoms with E-state index in [2.05, 4.69) is 35.1 Å². The van der Waals surface area contributed by atoms with Crippen molar-refractivity contribution in [1.82, 2.24) is 24.1 Å². The number of hydrogen-bond donors (Lipinski definition) is 1. The SMILES string of the molecule is Cc1c[nH]c2ncc(-c3cnc4c(c3)n(CC3CCOCC3)c(=O)n4C3=CCCCC3)cc12. The summed E-state index contributed by atoms with van der Waals surface area (Å²) in [7, 11) is 0. The molecule has 0 amide bonds. The third kappa shape index (κ3) is 3.60. The Morgan fingerprint density at radius 2 is 1.94 bits per heavy atom. The Balaban J connectivity index is 1.50. The first-order valence-electron chi connectivity index (χ1n) is 12.0. The van der Waals surface area contributed by atoms with E-state index in [1.165, 1.54) is 12.0 Å². The Labute approximate surface area is 192 Å². The van der Waals surface area contributed by atoms with E-state index in [1.807, 2.05) is 27.7 Å². The van der Waals surface area contributed by atoms with Crippen LogP contribution >= 0.6 is 0 Å².